The molecule has 0 saturated heterocycles. The van der Waals surface area contributed by atoms with Crippen molar-refractivity contribution in [3.8, 4) is 11.3 Å². The van der Waals surface area contributed by atoms with Crippen molar-refractivity contribution >= 4 is 17.6 Å². The Labute approximate surface area is 124 Å². The van der Waals surface area contributed by atoms with Gasteiger partial charge in [0.1, 0.15) is 6.61 Å². The summed E-state index contributed by atoms with van der Waals surface area (Å²) in [7, 11) is 1.41. The highest BCUT2D eigenvalue weighted by molar-refractivity contribution is 5.90. The van der Waals surface area contributed by atoms with E-state index in [-0.39, 0.29) is 29.8 Å². The predicted octanol–water partition coefficient (Wildman–Crippen LogP) is 0.669. The fourth-order valence-corrected chi connectivity index (χ4v) is 1.99. The van der Waals surface area contributed by atoms with E-state index in [1.807, 2.05) is 30.3 Å². The number of aromatic nitrogens is 4. The van der Waals surface area contributed by atoms with Crippen LogP contribution in [0, 0.1) is 0 Å². The third-order valence-electron chi connectivity index (χ3n) is 2.93. The first-order valence-electron chi connectivity index (χ1n) is 6.51. The molecule has 0 aliphatic rings. The zero-order valence-corrected chi connectivity index (χ0v) is 11.7. The Morgan fingerprint density at radius 1 is 1.32 bits per heavy atom. The molecule has 0 saturated carbocycles. The van der Waals surface area contributed by atoms with Crippen LogP contribution in [0.2, 0.25) is 0 Å². The van der Waals surface area contributed by atoms with Gasteiger partial charge in [-0.25, -0.2) is 4.98 Å². The number of H-pyrrole nitrogens is 1. The summed E-state index contributed by atoms with van der Waals surface area (Å²) >= 11 is 0. The van der Waals surface area contributed by atoms with E-state index in [0.29, 0.717) is 5.69 Å². The lowest BCUT2D eigenvalue weighted by Crippen LogP contribution is -2.18. The number of hydrogen-bond donors (Lipinski definition) is 2. The van der Waals surface area contributed by atoms with E-state index in [2.05, 4.69) is 20.4 Å². The van der Waals surface area contributed by atoms with Crippen LogP contribution in [0.3, 0.4) is 0 Å². The summed E-state index contributed by atoms with van der Waals surface area (Å²) in [5.41, 5.74) is 1.02. The van der Waals surface area contributed by atoms with Gasteiger partial charge in [0.2, 0.25) is 5.95 Å². The highest BCUT2D eigenvalue weighted by Crippen LogP contribution is 2.15. The molecular formula is C14H13N5O3. The zero-order valence-electron chi connectivity index (χ0n) is 11.7. The molecule has 0 aliphatic carbocycles. The van der Waals surface area contributed by atoms with Crippen LogP contribution in [0.5, 0.6) is 0 Å². The van der Waals surface area contributed by atoms with Crippen molar-refractivity contribution in [3.63, 3.8) is 0 Å². The minimum absolute atomic E-state index is 0.103. The topological polar surface area (TPSA) is 101 Å². The molecule has 1 aromatic carbocycles. The second-order valence-electron chi connectivity index (χ2n) is 4.53. The lowest BCUT2D eigenvalue weighted by atomic mass is 10.1. The molecule has 0 fully saturated rings. The molecule has 0 spiro atoms. The third kappa shape index (κ3) is 2.72. The number of anilines is 1. The number of benzene rings is 1. The summed E-state index contributed by atoms with van der Waals surface area (Å²) in [4.78, 5) is 32.0. The van der Waals surface area contributed by atoms with E-state index < -0.39 is 0 Å². The lowest BCUT2D eigenvalue weighted by Gasteiger charge is -1.99. The van der Waals surface area contributed by atoms with Gasteiger partial charge in [0, 0.05) is 18.7 Å². The van der Waals surface area contributed by atoms with Crippen LogP contribution >= 0.6 is 0 Å². The number of nitrogens with zero attached hydrogens (tertiary/aromatic N) is 3. The summed E-state index contributed by atoms with van der Waals surface area (Å²) < 4.78 is 5.87. The Bertz CT molecular complexity index is 869. The summed E-state index contributed by atoms with van der Waals surface area (Å²) in [6, 6.07) is 10.7. The zero-order chi connectivity index (χ0) is 15.5. The first kappa shape index (κ1) is 14.0. The SMILES string of the molecule is COCC(=O)Nc1nc2nc(-c3ccccc3)cc(=O)n2[nH]1. The van der Waals surface area contributed by atoms with Crippen molar-refractivity contribution in [2.24, 2.45) is 0 Å². The molecule has 112 valence electrons. The standard InChI is InChI=1S/C14H13N5O3/c1-22-8-11(20)16-13-17-14-15-10(7-12(21)19(14)18-13)9-5-3-2-4-6-9/h2-7H,8H2,1H3,(H2,15,16,17,18,20). The van der Waals surface area contributed by atoms with Gasteiger partial charge in [-0.15, -0.1) is 0 Å². The average Bonchev–Trinajstić information content (AvgIpc) is 2.91. The van der Waals surface area contributed by atoms with E-state index in [4.69, 9.17) is 4.74 Å². The van der Waals surface area contributed by atoms with Gasteiger partial charge in [-0.1, -0.05) is 30.3 Å². The van der Waals surface area contributed by atoms with Gasteiger partial charge in [-0.05, 0) is 0 Å². The Kier molecular flexibility index (Phi) is 3.67. The lowest BCUT2D eigenvalue weighted by molar-refractivity contribution is -0.119. The average molecular weight is 299 g/mol. The van der Waals surface area contributed by atoms with Crippen LogP contribution in [-0.4, -0.2) is 39.2 Å². The minimum Gasteiger partial charge on any atom is -0.375 e. The van der Waals surface area contributed by atoms with Crippen molar-refractivity contribution in [3.05, 3.63) is 46.8 Å². The molecule has 2 aromatic heterocycles. The number of carbonyl (C=O) groups excluding carboxylic acids is 1. The molecule has 8 nitrogen and oxygen atoms in total. The number of amides is 1. The van der Waals surface area contributed by atoms with Crippen LogP contribution in [0.15, 0.2) is 41.2 Å². The second kappa shape index (κ2) is 5.78. The molecule has 22 heavy (non-hydrogen) atoms. The van der Waals surface area contributed by atoms with Crippen LogP contribution in [0.25, 0.3) is 17.0 Å². The number of hydrogen-bond acceptors (Lipinski definition) is 5. The number of ether oxygens (including phenoxy) is 1. The Morgan fingerprint density at radius 2 is 2.09 bits per heavy atom. The summed E-state index contributed by atoms with van der Waals surface area (Å²) in [5.74, 6) is -0.0613. The quantitative estimate of drug-likeness (QED) is 0.737. The number of fused-ring (bicyclic) bond motifs is 1. The van der Waals surface area contributed by atoms with Crippen LogP contribution in [-0.2, 0) is 9.53 Å². The first-order valence-corrected chi connectivity index (χ1v) is 6.51. The van der Waals surface area contributed by atoms with Crippen molar-refractivity contribution in [2.45, 2.75) is 0 Å². The molecule has 3 rings (SSSR count). The number of carbonyl (C=O) groups is 1. The molecule has 0 aliphatic heterocycles. The highest BCUT2D eigenvalue weighted by Gasteiger charge is 2.11. The Hall–Kier alpha value is -3.00. The molecule has 0 radical (unpaired) electrons. The molecular weight excluding hydrogens is 286 g/mol. The smallest absolute Gasteiger partial charge is 0.274 e. The van der Waals surface area contributed by atoms with E-state index in [0.717, 1.165) is 10.1 Å². The Morgan fingerprint density at radius 3 is 2.82 bits per heavy atom. The van der Waals surface area contributed by atoms with Gasteiger partial charge in [-0.3, -0.25) is 20.0 Å². The van der Waals surface area contributed by atoms with E-state index in [9.17, 15) is 9.59 Å². The first-order chi connectivity index (χ1) is 10.7. The molecule has 2 N–H and O–H groups in total. The van der Waals surface area contributed by atoms with Gasteiger partial charge >= 0.3 is 0 Å². The van der Waals surface area contributed by atoms with Crippen molar-refractivity contribution in [1.82, 2.24) is 19.6 Å². The van der Waals surface area contributed by atoms with Crippen LogP contribution in [0.1, 0.15) is 0 Å². The van der Waals surface area contributed by atoms with Gasteiger partial charge in [0.05, 0.1) is 5.69 Å². The number of nitrogens with one attached hydrogen (secondary N) is 2. The molecule has 0 bridgehead atoms. The molecule has 8 heteroatoms. The summed E-state index contributed by atoms with van der Waals surface area (Å²) in [6.07, 6.45) is 0. The fraction of sp³-hybridized carbons (Fsp3) is 0.143. The van der Waals surface area contributed by atoms with E-state index in [1.165, 1.54) is 13.2 Å². The number of aromatic amines is 1. The normalized spacial score (nSPS) is 10.8. The van der Waals surface area contributed by atoms with Gasteiger partial charge in [0.15, 0.2) is 0 Å². The van der Waals surface area contributed by atoms with Crippen LogP contribution in [0.4, 0.5) is 5.95 Å². The van der Waals surface area contributed by atoms with Crippen molar-refractivity contribution < 1.29 is 9.53 Å². The molecule has 1 amide bonds. The van der Waals surface area contributed by atoms with Gasteiger partial charge in [-0.2, -0.15) is 9.50 Å². The number of methoxy groups -OCH3 is 1. The maximum Gasteiger partial charge on any atom is 0.274 e. The maximum absolute atomic E-state index is 12.1. The van der Waals surface area contributed by atoms with E-state index in [1.54, 1.807) is 0 Å². The van der Waals surface area contributed by atoms with Crippen molar-refractivity contribution in [1.29, 1.82) is 0 Å². The molecule has 3 aromatic rings. The summed E-state index contributed by atoms with van der Waals surface area (Å²) in [6.45, 7) is -0.103. The molecule has 2 heterocycles. The molecule has 0 atom stereocenters. The predicted molar refractivity (Wildman–Crippen MR) is 79.5 cm³/mol. The Balaban J connectivity index is 2.00. The largest absolute Gasteiger partial charge is 0.375 e. The fourth-order valence-electron chi connectivity index (χ4n) is 1.99. The molecule has 0 unspecified atom stereocenters. The summed E-state index contributed by atoms with van der Waals surface area (Å²) in [5, 5.41) is 5.16. The van der Waals surface area contributed by atoms with Crippen LogP contribution < -0.4 is 10.9 Å². The monoisotopic (exact) mass is 299 g/mol. The van der Waals surface area contributed by atoms with Gasteiger partial charge < -0.3 is 4.74 Å². The van der Waals surface area contributed by atoms with Gasteiger partial charge in [0.25, 0.3) is 17.2 Å². The number of rotatable bonds is 4. The van der Waals surface area contributed by atoms with Crippen molar-refractivity contribution in [2.75, 3.05) is 19.0 Å². The maximum atomic E-state index is 12.1. The highest BCUT2D eigenvalue weighted by atomic mass is 16.5. The second-order valence-corrected chi connectivity index (χ2v) is 4.53. The minimum atomic E-state index is -0.377. The van der Waals surface area contributed by atoms with E-state index >= 15 is 0 Å². The third-order valence-corrected chi connectivity index (χ3v) is 2.93.